The van der Waals surface area contributed by atoms with Crippen LogP contribution in [0.4, 0.5) is 11.6 Å². The number of nitrogens with two attached hydrogens (primary N) is 1. The molecule has 1 aliphatic carbocycles. The van der Waals surface area contributed by atoms with Crippen molar-refractivity contribution < 1.29 is 9.90 Å². The van der Waals surface area contributed by atoms with Gasteiger partial charge in [-0.2, -0.15) is 5.26 Å². The van der Waals surface area contributed by atoms with Gasteiger partial charge in [0.15, 0.2) is 0 Å². The van der Waals surface area contributed by atoms with Crippen molar-refractivity contribution in [3.63, 3.8) is 0 Å². The SMILES string of the molecule is CN(C)c1ccc(-c2c(C#N)c(N)nc3c2CCCCC3)cn1.O=CO. The summed E-state index contributed by atoms with van der Waals surface area (Å²) in [6, 6.07) is 6.23. The summed E-state index contributed by atoms with van der Waals surface area (Å²) in [5.41, 5.74) is 10.6. The van der Waals surface area contributed by atoms with Crippen LogP contribution >= 0.6 is 0 Å². The van der Waals surface area contributed by atoms with Gasteiger partial charge in [0.25, 0.3) is 6.47 Å². The molecule has 3 N–H and O–H groups in total. The van der Waals surface area contributed by atoms with Crippen molar-refractivity contribution >= 4 is 18.1 Å². The standard InChI is InChI=1S/C18H21N5.CH2O2/c1-23(2)16-9-8-12(11-21-16)17-13-6-4-3-5-7-15(13)22-18(20)14(17)10-19;2-1-3/h8-9,11H,3-7H2,1-2H3,(H2,20,22);1H,(H,2,3). The Kier molecular flexibility index (Phi) is 6.50. The molecule has 7 nitrogen and oxygen atoms in total. The number of aryl methyl sites for hydroxylation is 1. The van der Waals surface area contributed by atoms with Gasteiger partial charge < -0.3 is 15.7 Å². The highest BCUT2D eigenvalue weighted by atomic mass is 16.3. The van der Waals surface area contributed by atoms with Crippen molar-refractivity contribution in [1.29, 1.82) is 5.26 Å². The molecule has 0 saturated carbocycles. The Balaban J connectivity index is 0.000000758. The third-order valence-corrected chi connectivity index (χ3v) is 4.36. The van der Waals surface area contributed by atoms with Gasteiger partial charge in [-0.25, -0.2) is 9.97 Å². The second kappa shape index (κ2) is 8.81. The molecule has 0 aliphatic heterocycles. The van der Waals surface area contributed by atoms with Gasteiger partial charge in [0.1, 0.15) is 23.3 Å². The Morgan fingerprint density at radius 1 is 1.27 bits per heavy atom. The molecule has 0 fully saturated rings. The van der Waals surface area contributed by atoms with Crippen LogP contribution in [-0.2, 0) is 17.6 Å². The molecule has 136 valence electrons. The number of nitriles is 1. The van der Waals surface area contributed by atoms with E-state index in [1.54, 1.807) is 0 Å². The molecule has 26 heavy (non-hydrogen) atoms. The zero-order valence-electron chi connectivity index (χ0n) is 15.1. The van der Waals surface area contributed by atoms with Crippen molar-refractivity contribution in [2.75, 3.05) is 24.7 Å². The smallest absolute Gasteiger partial charge is 0.290 e. The van der Waals surface area contributed by atoms with Crippen molar-refractivity contribution in [3.8, 4) is 17.2 Å². The summed E-state index contributed by atoms with van der Waals surface area (Å²) in [6.07, 6.45) is 7.15. The topological polar surface area (TPSA) is 116 Å². The van der Waals surface area contributed by atoms with E-state index in [1.807, 2.05) is 37.3 Å². The minimum absolute atomic E-state index is 0.250. The van der Waals surface area contributed by atoms with Crippen LogP contribution < -0.4 is 10.6 Å². The summed E-state index contributed by atoms with van der Waals surface area (Å²) >= 11 is 0. The zero-order valence-corrected chi connectivity index (χ0v) is 15.1. The van der Waals surface area contributed by atoms with Gasteiger partial charge in [-0.15, -0.1) is 0 Å². The summed E-state index contributed by atoms with van der Waals surface area (Å²) in [7, 11) is 3.92. The van der Waals surface area contributed by atoms with E-state index in [0.29, 0.717) is 11.4 Å². The predicted octanol–water partition coefficient (Wildman–Crippen LogP) is 2.63. The Hall–Kier alpha value is -3.14. The molecular formula is C19H23N5O2. The highest BCUT2D eigenvalue weighted by Gasteiger charge is 2.21. The second-order valence-corrected chi connectivity index (χ2v) is 6.25. The van der Waals surface area contributed by atoms with E-state index in [9.17, 15) is 5.26 Å². The molecule has 7 heteroatoms. The number of rotatable bonds is 2. The number of aromatic nitrogens is 2. The first-order valence-electron chi connectivity index (χ1n) is 8.46. The molecule has 0 amide bonds. The first-order valence-corrected chi connectivity index (χ1v) is 8.46. The normalized spacial score (nSPS) is 12.7. The number of nitrogen functional groups attached to an aromatic ring is 1. The second-order valence-electron chi connectivity index (χ2n) is 6.25. The number of hydrogen-bond donors (Lipinski definition) is 2. The highest BCUT2D eigenvalue weighted by Crippen LogP contribution is 2.35. The van der Waals surface area contributed by atoms with Crippen LogP contribution in [0.2, 0.25) is 0 Å². The van der Waals surface area contributed by atoms with Gasteiger partial charge in [-0.05, 0) is 43.4 Å². The minimum Gasteiger partial charge on any atom is -0.483 e. The van der Waals surface area contributed by atoms with Gasteiger partial charge in [-0.1, -0.05) is 6.42 Å². The number of hydrogen-bond acceptors (Lipinski definition) is 6. The number of anilines is 2. The van der Waals surface area contributed by atoms with E-state index in [0.717, 1.165) is 48.3 Å². The number of carboxylic acid groups (broad SMARTS) is 1. The summed E-state index contributed by atoms with van der Waals surface area (Å²) in [5.74, 6) is 1.22. The average molecular weight is 353 g/mol. The van der Waals surface area contributed by atoms with Gasteiger partial charge in [0.05, 0.1) is 0 Å². The molecule has 2 aromatic heterocycles. The summed E-state index contributed by atoms with van der Waals surface area (Å²) < 4.78 is 0. The Morgan fingerprint density at radius 3 is 2.54 bits per heavy atom. The molecule has 2 heterocycles. The van der Waals surface area contributed by atoms with E-state index in [-0.39, 0.29) is 6.47 Å². The predicted molar refractivity (Wildman–Crippen MR) is 101 cm³/mol. The molecule has 0 atom stereocenters. The first-order chi connectivity index (χ1) is 12.5. The van der Waals surface area contributed by atoms with E-state index < -0.39 is 0 Å². The number of carbonyl (C=O) groups is 1. The quantitative estimate of drug-likeness (QED) is 0.629. The van der Waals surface area contributed by atoms with Crippen LogP contribution in [0.25, 0.3) is 11.1 Å². The fraction of sp³-hybridized carbons (Fsp3) is 0.368. The molecule has 1 aliphatic rings. The minimum atomic E-state index is -0.250. The largest absolute Gasteiger partial charge is 0.483 e. The van der Waals surface area contributed by atoms with Crippen LogP contribution in [-0.4, -0.2) is 35.6 Å². The van der Waals surface area contributed by atoms with Crippen LogP contribution in [0.3, 0.4) is 0 Å². The lowest BCUT2D eigenvalue weighted by Gasteiger charge is -2.17. The van der Waals surface area contributed by atoms with Gasteiger partial charge in [0.2, 0.25) is 0 Å². The molecule has 0 aromatic carbocycles. The van der Waals surface area contributed by atoms with Crippen LogP contribution in [0, 0.1) is 11.3 Å². The average Bonchev–Trinajstić information content (AvgIpc) is 2.86. The highest BCUT2D eigenvalue weighted by molar-refractivity contribution is 5.79. The lowest BCUT2D eigenvalue weighted by Crippen LogP contribution is -2.10. The first kappa shape index (κ1) is 19.2. The summed E-state index contributed by atoms with van der Waals surface area (Å²) in [5, 5.41) is 16.5. The molecule has 2 aromatic rings. The van der Waals surface area contributed by atoms with Crippen LogP contribution in [0.1, 0.15) is 36.1 Å². The maximum absolute atomic E-state index is 9.58. The molecule has 0 unspecified atom stereocenters. The Morgan fingerprint density at radius 2 is 1.96 bits per heavy atom. The molecule has 0 spiro atoms. The van der Waals surface area contributed by atoms with E-state index in [4.69, 9.17) is 15.6 Å². The number of fused-ring (bicyclic) bond motifs is 1. The lowest BCUT2D eigenvalue weighted by molar-refractivity contribution is -0.122. The van der Waals surface area contributed by atoms with Crippen molar-refractivity contribution in [2.45, 2.75) is 32.1 Å². The van der Waals surface area contributed by atoms with Gasteiger partial charge in [-0.3, -0.25) is 4.79 Å². The van der Waals surface area contributed by atoms with E-state index in [1.165, 1.54) is 12.0 Å². The Bertz CT molecular complexity index is 810. The third-order valence-electron chi connectivity index (χ3n) is 4.36. The molecule has 0 radical (unpaired) electrons. The van der Waals surface area contributed by atoms with Crippen molar-refractivity contribution in [3.05, 3.63) is 35.2 Å². The zero-order chi connectivity index (χ0) is 19.1. The molecule has 0 saturated heterocycles. The summed E-state index contributed by atoms with van der Waals surface area (Å²) in [4.78, 5) is 19.3. The fourth-order valence-electron chi connectivity index (χ4n) is 3.17. The molecule has 0 bridgehead atoms. The monoisotopic (exact) mass is 353 g/mol. The van der Waals surface area contributed by atoms with Crippen molar-refractivity contribution in [1.82, 2.24) is 9.97 Å². The van der Waals surface area contributed by atoms with Crippen LogP contribution in [0.5, 0.6) is 0 Å². The van der Waals surface area contributed by atoms with E-state index in [2.05, 4.69) is 16.0 Å². The number of nitrogens with zero attached hydrogens (tertiary/aromatic N) is 4. The maximum Gasteiger partial charge on any atom is 0.290 e. The molecule has 3 rings (SSSR count). The van der Waals surface area contributed by atoms with E-state index >= 15 is 0 Å². The van der Waals surface area contributed by atoms with Crippen LogP contribution in [0.15, 0.2) is 18.3 Å². The van der Waals surface area contributed by atoms with Gasteiger partial charge in [0, 0.05) is 37.1 Å². The fourth-order valence-corrected chi connectivity index (χ4v) is 3.17. The van der Waals surface area contributed by atoms with Crippen molar-refractivity contribution in [2.24, 2.45) is 0 Å². The number of pyridine rings is 2. The third kappa shape index (κ3) is 4.09. The lowest BCUT2D eigenvalue weighted by atomic mass is 9.92. The van der Waals surface area contributed by atoms with Gasteiger partial charge >= 0.3 is 0 Å². The maximum atomic E-state index is 9.58. The molecular weight excluding hydrogens is 330 g/mol. The Labute approximate surface area is 153 Å². The summed E-state index contributed by atoms with van der Waals surface area (Å²) in [6.45, 7) is -0.250.